The maximum Gasteiger partial charge on any atom is 0.228 e. The molecule has 1 aromatic carbocycles. The van der Waals surface area contributed by atoms with Crippen molar-refractivity contribution in [3.63, 3.8) is 0 Å². The fraction of sp³-hybridized carbons (Fsp3) is 0.318. The normalized spacial score (nSPS) is 14.0. The van der Waals surface area contributed by atoms with Gasteiger partial charge in [0.1, 0.15) is 38.5 Å². The van der Waals surface area contributed by atoms with Crippen LogP contribution in [-0.2, 0) is 10.3 Å². The van der Waals surface area contributed by atoms with Crippen molar-refractivity contribution in [2.45, 2.75) is 19.4 Å². The molecule has 1 N–H and O–H groups in total. The lowest BCUT2D eigenvalue weighted by Gasteiger charge is -2.27. The molecule has 0 amide bonds. The van der Waals surface area contributed by atoms with Crippen molar-refractivity contribution in [2.24, 2.45) is 0 Å². The van der Waals surface area contributed by atoms with E-state index in [-0.39, 0.29) is 5.56 Å². The molecule has 0 saturated carbocycles. The molecule has 4 radical (unpaired) electrons. The number of benzene rings is 1. The molecule has 0 atom stereocenters. The van der Waals surface area contributed by atoms with Gasteiger partial charge < -0.3 is 14.7 Å². The Bertz CT molecular complexity index is 1330. The second kappa shape index (κ2) is 10.0. The van der Waals surface area contributed by atoms with Gasteiger partial charge in [-0.25, -0.2) is 23.7 Å². The molecule has 0 spiro atoms. The Morgan fingerprint density at radius 2 is 1.74 bits per heavy atom. The molecule has 0 unspecified atom stereocenters. The van der Waals surface area contributed by atoms with Gasteiger partial charge in [-0.05, 0) is 32.0 Å². The van der Waals surface area contributed by atoms with Gasteiger partial charge in [0.05, 0.1) is 30.1 Å². The molecule has 0 aliphatic carbocycles. The Morgan fingerprint density at radius 1 is 1.03 bits per heavy atom. The van der Waals surface area contributed by atoms with Crippen LogP contribution in [0.15, 0.2) is 36.7 Å². The monoisotopic (exact) mass is 475 g/mol. The minimum Gasteiger partial charge on any atom is -0.388 e. The van der Waals surface area contributed by atoms with Crippen molar-refractivity contribution in [2.75, 3.05) is 31.2 Å². The van der Waals surface area contributed by atoms with Gasteiger partial charge in [0, 0.05) is 37.1 Å². The molecular formula is C22H21B2F2N7O2. The number of anilines is 1. The summed E-state index contributed by atoms with van der Waals surface area (Å²) in [6, 6.07) is 5.03. The first kappa shape index (κ1) is 24.7. The number of halogens is 2. The third-order valence-corrected chi connectivity index (χ3v) is 5.28. The van der Waals surface area contributed by atoms with Crippen LogP contribution < -0.4 is 4.90 Å². The summed E-state index contributed by atoms with van der Waals surface area (Å²) >= 11 is 0. The molecule has 1 fully saturated rings. The summed E-state index contributed by atoms with van der Waals surface area (Å²) in [5.74, 6) is -0.897. The molecule has 1 aliphatic rings. The van der Waals surface area contributed by atoms with Gasteiger partial charge in [0.2, 0.25) is 5.95 Å². The molecule has 4 heterocycles. The number of hydrogen-bond donors (Lipinski definition) is 1. The van der Waals surface area contributed by atoms with Crippen LogP contribution in [0.25, 0.3) is 22.4 Å². The number of ether oxygens (including phenoxy) is 1. The van der Waals surface area contributed by atoms with E-state index in [9.17, 15) is 8.78 Å². The Hall–Kier alpha value is -3.44. The Morgan fingerprint density at radius 3 is 2.34 bits per heavy atom. The fourth-order valence-electron chi connectivity index (χ4n) is 3.36. The van der Waals surface area contributed by atoms with E-state index in [1.807, 2.05) is 18.7 Å². The van der Waals surface area contributed by atoms with E-state index in [1.165, 1.54) is 24.5 Å². The minimum absolute atomic E-state index is 0.172. The maximum absolute atomic E-state index is 14.4. The summed E-state index contributed by atoms with van der Waals surface area (Å²) in [5, 5.41) is 12.4. The van der Waals surface area contributed by atoms with Crippen molar-refractivity contribution in [3.05, 3.63) is 59.7 Å². The highest BCUT2D eigenvalue weighted by Gasteiger charge is 2.21. The molecule has 1 saturated heterocycles. The number of fused-ring (bicyclic) bond motifs is 1. The first-order chi connectivity index (χ1) is 16.6. The number of aromatic nitrogens is 6. The van der Waals surface area contributed by atoms with Crippen LogP contribution in [0.4, 0.5) is 14.7 Å². The van der Waals surface area contributed by atoms with Gasteiger partial charge in [-0.3, -0.25) is 4.68 Å². The average Bonchev–Trinajstić information content (AvgIpc) is 3.37. The predicted molar refractivity (Wildman–Crippen MR) is 127 cm³/mol. The minimum atomic E-state index is -1.87. The zero-order valence-electron chi connectivity index (χ0n) is 19.2. The van der Waals surface area contributed by atoms with Crippen LogP contribution in [0.1, 0.15) is 11.4 Å². The Kier molecular flexibility index (Phi) is 7.08. The third-order valence-electron chi connectivity index (χ3n) is 5.28. The zero-order valence-corrected chi connectivity index (χ0v) is 19.2. The van der Waals surface area contributed by atoms with Gasteiger partial charge >= 0.3 is 0 Å². The van der Waals surface area contributed by atoms with E-state index in [1.54, 1.807) is 6.07 Å². The van der Waals surface area contributed by atoms with Gasteiger partial charge in [-0.2, -0.15) is 10.1 Å². The highest BCUT2D eigenvalue weighted by atomic mass is 19.1. The number of aryl methyl sites for hydroxylation is 2. The van der Waals surface area contributed by atoms with Crippen LogP contribution in [-0.4, -0.2) is 76.8 Å². The first-order valence-corrected chi connectivity index (χ1v) is 10.7. The number of nitrogens with zero attached hydrogens (tertiary/aromatic N) is 7. The third kappa shape index (κ3) is 5.63. The molecule has 4 aromatic rings. The number of rotatable bonds is 3. The molecule has 35 heavy (non-hydrogen) atoms. The number of aliphatic hydroxyl groups is 1. The molecule has 3 aromatic heterocycles. The number of hydrogen-bond acceptors (Lipinski definition) is 8. The largest absolute Gasteiger partial charge is 0.388 e. The topological polar surface area (TPSA) is 102 Å². The summed E-state index contributed by atoms with van der Waals surface area (Å²) in [7, 11) is 10.1. The van der Waals surface area contributed by atoms with Crippen molar-refractivity contribution >= 4 is 32.8 Å². The molecular weight excluding hydrogens is 454 g/mol. The Labute approximate surface area is 203 Å². The van der Waals surface area contributed by atoms with E-state index in [2.05, 4.69) is 25.0 Å². The van der Waals surface area contributed by atoms with Crippen LogP contribution in [0.2, 0.25) is 0 Å². The highest BCUT2D eigenvalue weighted by molar-refractivity contribution is 6.36. The predicted octanol–water partition coefficient (Wildman–Crippen LogP) is 1.60. The van der Waals surface area contributed by atoms with Gasteiger partial charge in [0.25, 0.3) is 0 Å². The van der Waals surface area contributed by atoms with Gasteiger partial charge in [-0.1, -0.05) is 0 Å². The summed E-state index contributed by atoms with van der Waals surface area (Å²) < 4.78 is 34.2. The van der Waals surface area contributed by atoms with Crippen LogP contribution in [0.5, 0.6) is 0 Å². The fourth-order valence-corrected chi connectivity index (χ4v) is 3.36. The SMILES string of the molecule is Cc1nc2nc(N3CCOCC3)nc(-c3ccc(F)cc3F)c2nc1C.[B]C([B])(O)n1cccn1. The van der Waals surface area contributed by atoms with Crippen LogP contribution in [0.3, 0.4) is 0 Å². The highest BCUT2D eigenvalue weighted by Crippen LogP contribution is 2.29. The van der Waals surface area contributed by atoms with E-state index in [0.717, 1.165) is 16.4 Å². The van der Waals surface area contributed by atoms with Crippen molar-refractivity contribution in [1.82, 2.24) is 29.7 Å². The lowest BCUT2D eigenvalue weighted by atomic mass is 9.73. The summed E-state index contributed by atoms with van der Waals surface area (Å²) in [6.07, 6.45) is 2.95. The van der Waals surface area contributed by atoms with Crippen molar-refractivity contribution in [3.8, 4) is 11.3 Å². The second-order valence-corrected chi connectivity index (χ2v) is 7.90. The molecule has 9 nitrogen and oxygen atoms in total. The lowest BCUT2D eigenvalue weighted by molar-refractivity contribution is 0.122. The smallest absolute Gasteiger partial charge is 0.228 e. The van der Waals surface area contributed by atoms with Crippen molar-refractivity contribution < 1.29 is 18.6 Å². The summed E-state index contributed by atoms with van der Waals surface area (Å²) in [6.45, 7) is 6.07. The molecule has 1 aliphatic heterocycles. The molecule has 176 valence electrons. The van der Waals surface area contributed by atoms with Gasteiger partial charge in [-0.15, -0.1) is 0 Å². The quantitative estimate of drug-likeness (QED) is 0.447. The van der Waals surface area contributed by atoms with E-state index < -0.39 is 17.2 Å². The standard InChI is InChI=1S/C18H17F2N5O.C4H4B2N2O/c1-10-11(2)22-17-16(21-10)15(13-4-3-12(19)9-14(13)20)23-18(24-17)25-5-7-26-8-6-25;5-4(6,9)8-3-1-2-7-8/h3-4,9H,5-8H2,1-2H3;1-3,9H. The van der Waals surface area contributed by atoms with Crippen LogP contribution in [0, 0.1) is 25.5 Å². The Balaban J connectivity index is 0.000000271. The van der Waals surface area contributed by atoms with Gasteiger partial charge in [0.15, 0.2) is 5.65 Å². The summed E-state index contributed by atoms with van der Waals surface area (Å²) in [5.41, 5.74) is 0.858. The average molecular weight is 475 g/mol. The molecule has 5 rings (SSSR count). The first-order valence-electron chi connectivity index (χ1n) is 10.7. The molecule has 13 heteroatoms. The van der Waals surface area contributed by atoms with Crippen LogP contribution >= 0.6 is 0 Å². The van der Waals surface area contributed by atoms with E-state index in [0.29, 0.717) is 54.8 Å². The number of morpholine rings is 1. The zero-order chi connectivity index (χ0) is 25.2. The molecule has 0 bridgehead atoms. The van der Waals surface area contributed by atoms with E-state index in [4.69, 9.17) is 25.5 Å². The second-order valence-electron chi connectivity index (χ2n) is 7.90. The van der Waals surface area contributed by atoms with Crippen molar-refractivity contribution in [1.29, 1.82) is 0 Å². The summed E-state index contributed by atoms with van der Waals surface area (Å²) in [4.78, 5) is 20.0. The maximum atomic E-state index is 14.4. The lowest BCUT2D eigenvalue weighted by Crippen LogP contribution is -2.37. The van der Waals surface area contributed by atoms with E-state index >= 15 is 0 Å².